The van der Waals surface area contributed by atoms with Crippen LogP contribution in [0.2, 0.25) is 0 Å². The van der Waals surface area contributed by atoms with Gasteiger partial charge in [-0.3, -0.25) is 14.3 Å². The number of ketones is 1. The molecular formula is C17H16N4O4. The van der Waals surface area contributed by atoms with Gasteiger partial charge in [0.1, 0.15) is 24.6 Å². The highest BCUT2D eigenvalue weighted by Crippen LogP contribution is 2.30. The van der Waals surface area contributed by atoms with Crippen molar-refractivity contribution in [1.82, 2.24) is 19.7 Å². The van der Waals surface area contributed by atoms with Crippen molar-refractivity contribution in [2.24, 2.45) is 0 Å². The molecule has 0 amide bonds. The van der Waals surface area contributed by atoms with Gasteiger partial charge in [0.2, 0.25) is 0 Å². The summed E-state index contributed by atoms with van der Waals surface area (Å²) in [6.45, 7) is 1.48. The molecular weight excluding hydrogens is 324 g/mol. The zero-order valence-corrected chi connectivity index (χ0v) is 13.8. The van der Waals surface area contributed by atoms with Gasteiger partial charge in [0, 0.05) is 19.3 Å². The van der Waals surface area contributed by atoms with Gasteiger partial charge in [-0.2, -0.15) is 5.10 Å². The second-order valence-electron chi connectivity index (χ2n) is 5.24. The van der Waals surface area contributed by atoms with Crippen molar-refractivity contribution in [2.45, 2.75) is 20.1 Å². The minimum Gasteiger partial charge on any atom is -0.485 e. The molecule has 25 heavy (non-hydrogen) atoms. The molecule has 0 N–H and O–H groups in total. The Balaban J connectivity index is 2.01. The molecule has 0 atom stereocenters. The van der Waals surface area contributed by atoms with Gasteiger partial charge in [-0.1, -0.05) is 6.07 Å². The Morgan fingerprint density at radius 1 is 1.16 bits per heavy atom. The number of carbonyl (C=O) groups excluding carboxylic acids is 2. The number of hydrogen-bond acceptors (Lipinski definition) is 7. The molecule has 2 heterocycles. The van der Waals surface area contributed by atoms with Crippen LogP contribution in [0.5, 0.6) is 5.75 Å². The molecule has 3 rings (SSSR count). The van der Waals surface area contributed by atoms with E-state index < -0.39 is 5.97 Å². The van der Waals surface area contributed by atoms with Gasteiger partial charge < -0.3 is 9.47 Å². The Labute approximate surface area is 143 Å². The van der Waals surface area contributed by atoms with Crippen LogP contribution in [0.1, 0.15) is 23.2 Å². The van der Waals surface area contributed by atoms with Gasteiger partial charge >= 0.3 is 5.97 Å². The number of rotatable bonds is 6. The fourth-order valence-electron chi connectivity index (χ4n) is 2.42. The summed E-state index contributed by atoms with van der Waals surface area (Å²) in [5.74, 6) is 0.321. The normalized spacial score (nSPS) is 10.6. The molecule has 0 aliphatic rings. The maximum Gasteiger partial charge on any atom is 0.327 e. The number of Topliss-reactive ketones (excluding diaryl/α,β-unsaturated/α-hetero) is 1. The van der Waals surface area contributed by atoms with Crippen LogP contribution in [-0.4, -0.2) is 38.6 Å². The molecule has 8 heteroatoms. The van der Waals surface area contributed by atoms with Crippen molar-refractivity contribution in [3.05, 3.63) is 48.2 Å². The largest absolute Gasteiger partial charge is 0.485 e. The molecule has 0 fully saturated rings. The van der Waals surface area contributed by atoms with Gasteiger partial charge in [0.25, 0.3) is 0 Å². The zero-order valence-electron chi connectivity index (χ0n) is 13.8. The predicted molar refractivity (Wildman–Crippen MR) is 88.1 cm³/mol. The Kier molecular flexibility index (Phi) is 4.69. The van der Waals surface area contributed by atoms with Crippen LogP contribution in [0, 0.1) is 0 Å². The summed E-state index contributed by atoms with van der Waals surface area (Å²) in [6.07, 6.45) is 3.25. The molecule has 0 saturated carbocycles. The summed E-state index contributed by atoms with van der Waals surface area (Å²) in [5.41, 5.74) is 0.852. The van der Waals surface area contributed by atoms with Crippen LogP contribution in [0.3, 0.4) is 0 Å². The number of carbonyl (C=O) groups is 2. The highest BCUT2D eigenvalue weighted by Gasteiger charge is 2.20. The lowest BCUT2D eigenvalue weighted by Gasteiger charge is -2.07. The lowest BCUT2D eigenvalue weighted by molar-refractivity contribution is -0.141. The molecule has 2 aromatic heterocycles. The van der Waals surface area contributed by atoms with E-state index in [9.17, 15) is 9.59 Å². The van der Waals surface area contributed by atoms with Crippen LogP contribution in [0.25, 0.3) is 10.9 Å². The minimum absolute atomic E-state index is 0.0917. The van der Waals surface area contributed by atoms with E-state index in [2.05, 4.69) is 19.8 Å². The van der Waals surface area contributed by atoms with Crippen molar-refractivity contribution in [3.8, 4) is 5.75 Å². The number of nitrogens with zero attached hydrogens (tertiary/aromatic N) is 4. The Morgan fingerprint density at radius 3 is 2.60 bits per heavy atom. The summed E-state index contributed by atoms with van der Waals surface area (Å²) in [5, 5.41) is 4.80. The third kappa shape index (κ3) is 3.47. The molecule has 3 aromatic rings. The summed E-state index contributed by atoms with van der Waals surface area (Å²) in [6, 6.07) is 6.99. The van der Waals surface area contributed by atoms with E-state index in [1.165, 1.54) is 18.7 Å². The molecule has 0 aliphatic carbocycles. The smallest absolute Gasteiger partial charge is 0.327 e. The molecule has 128 valence electrons. The quantitative estimate of drug-likeness (QED) is 0.498. The summed E-state index contributed by atoms with van der Waals surface area (Å²) >= 11 is 0. The van der Waals surface area contributed by atoms with Crippen LogP contribution >= 0.6 is 0 Å². The average molecular weight is 340 g/mol. The van der Waals surface area contributed by atoms with Gasteiger partial charge in [-0.05, 0) is 18.2 Å². The van der Waals surface area contributed by atoms with E-state index in [4.69, 9.17) is 4.74 Å². The van der Waals surface area contributed by atoms with E-state index in [1.807, 2.05) is 0 Å². The molecule has 0 saturated heterocycles. The topological polar surface area (TPSA) is 96.2 Å². The first kappa shape index (κ1) is 16.6. The standard InChI is InChI=1S/C17H16N4O4/c1-11(22)17-16-12(21(20-17)9-15(23)24-2)5-3-6-13(16)25-10-14-18-7-4-8-19-14/h3-8H,9-10H2,1-2H3. The van der Waals surface area contributed by atoms with Crippen LogP contribution in [0.4, 0.5) is 0 Å². The molecule has 8 nitrogen and oxygen atoms in total. The first-order valence-electron chi connectivity index (χ1n) is 7.56. The molecule has 0 spiro atoms. The van der Waals surface area contributed by atoms with E-state index >= 15 is 0 Å². The van der Waals surface area contributed by atoms with Crippen LogP contribution < -0.4 is 4.74 Å². The lowest BCUT2D eigenvalue weighted by atomic mass is 10.1. The van der Waals surface area contributed by atoms with Crippen molar-refractivity contribution >= 4 is 22.7 Å². The number of esters is 1. The maximum atomic E-state index is 12.0. The summed E-state index contributed by atoms with van der Waals surface area (Å²) in [7, 11) is 1.30. The van der Waals surface area contributed by atoms with E-state index in [0.29, 0.717) is 22.5 Å². The van der Waals surface area contributed by atoms with Crippen LogP contribution in [0.15, 0.2) is 36.7 Å². The van der Waals surface area contributed by atoms with E-state index in [1.54, 1.807) is 36.7 Å². The first-order valence-corrected chi connectivity index (χ1v) is 7.56. The van der Waals surface area contributed by atoms with Crippen molar-refractivity contribution in [2.75, 3.05) is 7.11 Å². The van der Waals surface area contributed by atoms with Crippen molar-refractivity contribution < 1.29 is 19.1 Å². The number of hydrogen-bond donors (Lipinski definition) is 0. The SMILES string of the molecule is COC(=O)Cn1nc(C(C)=O)c2c(OCc3ncccn3)cccc21. The molecule has 0 aliphatic heterocycles. The molecule has 0 unspecified atom stereocenters. The van der Waals surface area contributed by atoms with Gasteiger partial charge in [0.15, 0.2) is 11.6 Å². The maximum absolute atomic E-state index is 12.0. The summed E-state index contributed by atoms with van der Waals surface area (Å²) < 4.78 is 11.9. The predicted octanol–water partition coefficient (Wildman–Crippen LogP) is 1.78. The number of methoxy groups -OCH3 is 1. The third-order valence-electron chi connectivity index (χ3n) is 3.56. The third-order valence-corrected chi connectivity index (χ3v) is 3.56. The number of aromatic nitrogens is 4. The van der Waals surface area contributed by atoms with Gasteiger partial charge in [-0.25, -0.2) is 9.97 Å². The Bertz CT molecular complexity index is 921. The van der Waals surface area contributed by atoms with E-state index in [0.717, 1.165) is 0 Å². The zero-order chi connectivity index (χ0) is 17.8. The first-order chi connectivity index (χ1) is 12.1. The highest BCUT2D eigenvalue weighted by molar-refractivity contribution is 6.07. The fourth-order valence-corrected chi connectivity index (χ4v) is 2.42. The van der Waals surface area contributed by atoms with Crippen molar-refractivity contribution in [1.29, 1.82) is 0 Å². The van der Waals surface area contributed by atoms with Gasteiger partial charge in [-0.15, -0.1) is 0 Å². The Hall–Kier alpha value is -3.29. The monoisotopic (exact) mass is 340 g/mol. The molecule has 0 bridgehead atoms. The highest BCUT2D eigenvalue weighted by atomic mass is 16.5. The second kappa shape index (κ2) is 7.08. The number of fused-ring (bicyclic) bond motifs is 1. The lowest BCUT2D eigenvalue weighted by Crippen LogP contribution is -2.13. The number of benzene rings is 1. The average Bonchev–Trinajstić information content (AvgIpc) is 3.00. The summed E-state index contributed by atoms with van der Waals surface area (Å²) in [4.78, 5) is 31.8. The Morgan fingerprint density at radius 2 is 1.92 bits per heavy atom. The van der Waals surface area contributed by atoms with Crippen molar-refractivity contribution in [3.63, 3.8) is 0 Å². The second-order valence-corrected chi connectivity index (χ2v) is 5.24. The number of ether oxygens (including phenoxy) is 2. The molecule has 1 aromatic carbocycles. The fraction of sp³-hybridized carbons (Fsp3) is 0.235. The van der Waals surface area contributed by atoms with E-state index in [-0.39, 0.29) is 24.6 Å². The minimum atomic E-state index is -0.455. The van der Waals surface area contributed by atoms with Crippen LogP contribution in [-0.2, 0) is 22.7 Å². The van der Waals surface area contributed by atoms with Gasteiger partial charge in [0.05, 0.1) is 18.0 Å². The molecule has 0 radical (unpaired) electrons.